The lowest BCUT2D eigenvalue weighted by Gasteiger charge is -2.16. The molecule has 8 nitrogen and oxygen atoms in total. The second-order valence-corrected chi connectivity index (χ2v) is 7.76. The van der Waals surface area contributed by atoms with E-state index in [0.717, 1.165) is 22.6 Å². The van der Waals surface area contributed by atoms with E-state index in [2.05, 4.69) is 0 Å². The van der Waals surface area contributed by atoms with Crippen molar-refractivity contribution in [3.8, 4) is 11.5 Å². The third kappa shape index (κ3) is 5.84. The molecule has 0 spiro atoms. The molecule has 0 bridgehead atoms. The zero-order valence-corrected chi connectivity index (χ0v) is 18.9. The van der Waals surface area contributed by atoms with Crippen LogP contribution >= 0.6 is 0 Å². The molecular formula is C26H26O8. The van der Waals surface area contributed by atoms with Gasteiger partial charge in [-0.15, -0.1) is 0 Å². The number of esters is 2. The summed E-state index contributed by atoms with van der Waals surface area (Å²) in [6.07, 6.45) is 3.91. The Balaban J connectivity index is 1.26. The Morgan fingerprint density at radius 2 is 1.09 bits per heavy atom. The monoisotopic (exact) mass is 466 g/mol. The molecule has 0 amide bonds. The van der Waals surface area contributed by atoms with E-state index in [4.69, 9.17) is 28.4 Å². The third-order valence-corrected chi connectivity index (χ3v) is 5.55. The molecular weight excluding hydrogens is 440 g/mol. The molecule has 2 aromatic carbocycles. The summed E-state index contributed by atoms with van der Waals surface area (Å²) in [5, 5.41) is 0. The third-order valence-electron chi connectivity index (χ3n) is 5.55. The fourth-order valence-corrected chi connectivity index (χ4v) is 3.77. The van der Waals surface area contributed by atoms with Crippen LogP contribution in [-0.2, 0) is 28.5 Å². The number of hydrogen-bond acceptors (Lipinski definition) is 8. The van der Waals surface area contributed by atoms with Crippen molar-refractivity contribution < 1.29 is 38.0 Å². The molecule has 4 rings (SSSR count). The van der Waals surface area contributed by atoms with Gasteiger partial charge in [0, 0.05) is 12.2 Å². The molecule has 0 N–H and O–H groups in total. The van der Waals surface area contributed by atoms with Gasteiger partial charge in [0.2, 0.25) is 0 Å². The molecule has 4 atom stereocenters. The second kappa shape index (κ2) is 11.0. The largest absolute Gasteiger partial charge is 0.497 e. The summed E-state index contributed by atoms with van der Waals surface area (Å²) in [6, 6.07) is 14.6. The molecule has 2 aromatic rings. The molecule has 0 aliphatic carbocycles. The Bertz CT molecular complexity index is 956. The first-order valence-electron chi connectivity index (χ1n) is 10.8. The van der Waals surface area contributed by atoms with Crippen LogP contribution in [0, 0.1) is 0 Å². The van der Waals surface area contributed by atoms with Gasteiger partial charge in [-0.3, -0.25) is 0 Å². The predicted molar refractivity (Wildman–Crippen MR) is 123 cm³/mol. The Morgan fingerprint density at radius 3 is 1.44 bits per heavy atom. The summed E-state index contributed by atoms with van der Waals surface area (Å²) < 4.78 is 32.7. The number of ether oxygens (including phenoxy) is 6. The van der Waals surface area contributed by atoms with Gasteiger partial charge in [-0.25, -0.2) is 9.59 Å². The van der Waals surface area contributed by atoms with Crippen LogP contribution in [0.15, 0.2) is 60.7 Å². The molecule has 34 heavy (non-hydrogen) atoms. The van der Waals surface area contributed by atoms with E-state index in [1.807, 2.05) is 24.3 Å². The molecule has 0 saturated carbocycles. The first-order chi connectivity index (χ1) is 16.6. The van der Waals surface area contributed by atoms with Gasteiger partial charge in [-0.1, -0.05) is 24.3 Å². The van der Waals surface area contributed by atoms with Crippen molar-refractivity contribution in [2.24, 2.45) is 0 Å². The van der Waals surface area contributed by atoms with Crippen molar-refractivity contribution in [1.29, 1.82) is 0 Å². The van der Waals surface area contributed by atoms with Crippen LogP contribution in [0.4, 0.5) is 0 Å². The highest BCUT2D eigenvalue weighted by Gasteiger charge is 2.50. The van der Waals surface area contributed by atoms with Crippen LogP contribution in [0.25, 0.3) is 12.2 Å². The molecule has 2 unspecified atom stereocenters. The highest BCUT2D eigenvalue weighted by atomic mass is 16.7. The second-order valence-electron chi connectivity index (χ2n) is 7.76. The van der Waals surface area contributed by atoms with Crippen LogP contribution in [0.3, 0.4) is 0 Å². The van der Waals surface area contributed by atoms with Gasteiger partial charge in [-0.2, -0.15) is 0 Å². The van der Waals surface area contributed by atoms with Crippen molar-refractivity contribution in [1.82, 2.24) is 0 Å². The zero-order valence-electron chi connectivity index (χ0n) is 18.9. The van der Waals surface area contributed by atoms with Gasteiger partial charge >= 0.3 is 11.9 Å². The van der Waals surface area contributed by atoms with Crippen molar-refractivity contribution in [3.05, 3.63) is 71.8 Å². The molecule has 2 aliphatic rings. The number of hydrogen-bond donors (Lipinski definition) is 0. The number of carbonyl (C=O) groups is 2. The lowest BCUT2D eigenvalue weighted by atomic mass is 10.1. The summed E-state index contributed by atoms with van der Waals surface area (Å²) in [5.41, 5.74) is 1.68. The minimum Gasteiger partial charge on any atom is -0.497 e. The zero-order chi connectivity index (χ0) is 23.9. The standard InChI is InChI=1S/C26H26O8/c1-29-19-9-3-17(4-10-19)7-13-23(27)33-21-15-31-26-22(16-32-25(21)26)34-24(28)14-8-18-5-11-20(30-2)12-6-18/h3-14,21-22,25-26H,15-16H2,1-2H3/b13-7+,14-8+/t21-,22-,25?,26?/m1/s1. The van der Waals surface area contributed by atoms with Crippen molar-refractivity contribution in [3.63, 3.8) is 0 Å². The summed E-state index contributed by atoms with van der Waals surface area (Å²) in [6.45, 7) is 0.348. The Hall–Kier alpha value is -3.62. The Labute approximate surface area is 197 Å². The molecule has 2 fully saturated rings. The Kier molecular flexibility index (Phi) is 7.61. The molecule has 0 radical (unpaired) electrons. The average Bonchev–Trinajstić information content (AvgIpc) is 3.45. The molecule has 0 aromatic heterocycles. The van der Waals surface area contributed by atoms with E-state index in [-0.39, 0.29) is 13.2 Å². The molecule has 178 valence electrons. The molecule has 2 heterocycles. The smallest absolute Gasteiger partial charge is 0.331 e. The van der Waals surface area contributed by atoms with Crippen LogP contribution in [0.1, 0.15) is 11.1 Å². The first-order valence-corrected chi connectivity index (χ1v) is 10.8. The molecule has 8 heteroatoms. The van der Waals surface area contributed by atoms with Gasteiger partial charge in [0.1, 0.15) is 23.7 Å². The first kappa shape index (κ1) is 23.5. The highest BCUT2D eigenvalue weighted by Crippen LogP contribution is 2.31. The summed E-state index contributed by atoms with van der Waals surface area (Å²) in [5.74, 6) is 0.463. The van der Waals surface area contributed by atoms with Gasteiger partial charge < -0.3 is 28.4 Å². The lowest BCUT2D eigenvalue weighted by Crippen LogP contribution is -2.35. The fraction of sp³-hybridized carbons (Fsp3) is 0.308. The predicted octanol–water partition coefficient (Wildman–Crippen LogP) is 3.05. The quantitative estimate of drug-likeness (QED) is 0.433. The van der Waals surface area contributed by atoms with Gasteiger partial charge in [0.15, 0.2) is 12.2 Å². The minimum atomic E-state index is -0.573. The normalized spacial score (nSPS) is 23.7. The van der Waals surface area contributed by atoms with Crippen molar-refractivity contribution in [2.45, 2.75) is 24.4 Å². The van der Waals surface area contributed by atoms with Crippen LogP contribution < -0.4 is 9.47 Å². The summed E-state index contributed by atoms with van der Waals surface area (Å²) >= 11 is 0. The highest BCUT2D eigenvalue weighted by molar-refractivity contribution is 5.87. The van der Waals surface area contributed by atoms with E-state index in [9.17, 15) is 9.59 Å². The lowest BCUT2D eigenvalue weighted by molar-refractivity contribution is -0.149. The van der Waals surface area contributed by atoms with Crippen LogP contribution in [0.2, 0.25) is 0 Å². The Morgan fingerprint density at radius 1 is 0.706 bits per heavy atom. The minimum absolute atomic E-state index is 0.174. The average molecular weight is 466 g/mol. The van der Waals surface area contributed by atoms with Crippen LogP contribution in [0.5, 0.6) is 11.5 Å². The van der Waals surface area contributed by atoms with E-state index >= 15 is 0 Å². The summed E-state index contributed by atoms with van der Waals surface area (Å²) in [7, 11) is 3.18. The molecule has 2 saturated heterocycles. The van der Waals surface area contributed by atoms with E-state index in [1.54, 1.807) is 50.6 Å². The number of carbonyl (C=O) groups excluding carboxylic acids is 2. The maximum Gasteiger partial charge on any atom is 0.331 e. The SMILES string of the molecule is COc1ccc(/C=C/C(=O)O[C@@H]2COC3C2OC[C@H]3OC(=O)/C=C/c2ccc(OC)cc2)cc1. The maximum atomic E-state index is 12.3. The number of fused-ring (bicyclic) bond motifs is 1. The number of benzene rings is 2. The fourth-order valence-electron chi connectivity index (χ4n) is 3.77. The molecule has 2 aliphatic heterocycles. The van der Waals surface area contributed by atoms with Crippen molar-refractivity contribution in [2.75, 3.05) is 27.4 Å². The topological polar surface area (TPSA) is 89.5 Å². The van der Waals surface area contributed by atoms with Gasteiger partial charge in [0.05, 0.1) is 27.4 Å². The number of methoxy groups -OCH3 is 2. The summed E-state index contributed by atoms with van der Waals surface area (Å²) in [4.78, 5) is 24.5. The van der Waals surface area contributed by atoms with E-state index in [0.29, 0.717) is 0 Å². The van der Waals surface area contributed by atoms with E-state index < -0.39 is 36.4 Å². The van der Waals surface area contributed by atoms with E-state index in [1.165, 1.54) is 12.2 Å². The van der Waals surface area contributed by atoms with Crippen LogP contribution in [-0.4, -0.2) is 63.8 Å². The number of rotatable bonds is 8. The van der Waals surface area contributed by atoms with Crippen molar-refractivity contribution >= 4 is 24.1 Å². The van der Waals surface area contributed by atoms with Gasteiger partial charge in [0.25, 0.3) is 0 Å². The van der Waals surface area contributed by atoms with Gasteiger partial charge in [-0.05, 0) is 47.5 Å². The maximum absolute atomic E-state index is 12.3.